The van der Waals surface area contributed by atoms with Crippen LogP contribution in [0.3, 0.4) is 0 Å². The van der Waals surface area contributed by atoms with Gasteiger partial charge in [-0.05, 0) is 29.8 Å². The molecule has 1 aliphatic rings. The van der Waals surface area contributed by atoms with E-state index in [1.807, 2.05) is 4.90 Å². The van der Waals surface area contributed by atoms with Gasteiger partial charge >= 0.3 is 6.18 Å². The molecule has 1 amide bonds. The average molecular weight is 490 g/mol. The van der Waals surface area contributed by atoms with Crippen LogP contribution in [0.1, 0.15) is 11.1 Å². The molecule has 3 rings (SSSR count). The van der Waals surface area contributed by atoms with Crippen molar-refractivity contribution in [2.75, 3.05) is 43.3 Å². The molecule has 0 spiro atoms. The largest absolute Gasteiger partial charge is 0.416 e. The van der Waals surface area contributed by atoms with Crippen molar-refractivity contribution in [3.8, 4) is 0 Å². The zero-order valence-electron chi connectivity index (χ0n) is 17.3. The van der Waals surface area contributed by atoms with E-state index in [9.17, 15) is 26.4 Å². The van der Waals surface area contributed by atoms with E-state index in [-0.39, 0.29) is 12.5 Å². The number of benzene rings is 2. The Labute approximate surface area is 190 Å². The molecule has 32 heavy (non-hydrogen) atoms. The van der Waals surface area contributed by atoms with Crippen LogP contribution >= 0.6 is 11.6 Å². The molecule has 1 heterocycles. The number of halogens is 4. The summed E-state index contributed by atoms with van der Waals surface area (Å²) in [6.45, 7) is 1.63. The number of piperazine rings is 1. The number of sulfonamides is 1. The molecule has 1 saturated heterocycles. The highest BCUT2D eigenvalue weighted by Gasteiger charge is 2.31. The summed E-state index contributed by atoms with van der Waals surface area (Å²) in [5.74, 6) is -0.353. The number of nitrogens with zero attached hydrogens (tertiary/aromatic N) is 3. The first-order valence-electron chi connectivity index (χ1n) is 9.83. The average Bonchev–Trinajstić information content (AvgIpc) is 2.71. The van der Waals surface area contributed by atoms with Crippen LogP contribution in [-0.4, -0.2) is 63.1 Å². The second-order valence-electron chi connectivity index (χ2n) is 7.60. The van der Waals surface area contributed by atoms with E-state index in [4.69, 9.17) is 11.6 Å². The predicted molar refractivity (Wildman–Crippen MR) is 117 cm³/mol. The van der Waals surface area contributed by atoms with Crippen molar-refractivity contribution < 1.29 is 26.4 Å². The van der Waals surface area contributed by atoms with Crippen LogP contribution in [0.5, 0.6) is 0 Å². The van der Waals surface area contributed by atoms with E-state index < -0.39 is 21.8 Å². The Morgan fingerprint density at radius 1 is 1.06 bits per heavy atom. The van der Waals surface area contributed by atoms with E-state index in [0.29, 0.717) is 49.0 Å². The number of amides is 1. The number of hydrogen-bond acceptors (Lipinski definition) is 4. The van der Waals surface area contributed by atoms with Crippen LogP contribution in [0.2, 0.25) is 5.02 Å². The summed E-state index contributed by atoms with van der Waals surface area (Å²) in [6.07, 6.45) is -3.37. The number of hydrogen-bond donors (Lipinski definition) is 0. The maximum atomic E-state index is 12.9. The second kappa shape index (κ2) is 9.68. The number of anilines is 1. The monoisotopic (exact) mass is 489 g/mol. The first-order valence-corrected chi connectivity index (χ1v) is 12.1. The zero-order chi connectivity index (χ0) is 23.5. The molecular weight excluding hydrogens is 467 g/mol. The Morgan fingerprint density at radius 3 is 2.31 bits per heavy atom. The zero-order valence-corrected chi connectivity index (χ0v) is 18.9. The van der Waals surface area contributed by atoms with Crippen LogP contribution in [0.15, 0.2) is 48.5 Å². The molecule has 0 saturated carbocycles. The molecule has 1 fully saturated rings. The van der Waals surface area contributed by atoms with Gasteiger partial charge in [0.05, 0.1) is 17.5 Å². The van der Waals surface area contributed by atoms with Crippen molar-refractivity contribution in [2.24, 2.45) is 0 Å². The van der Waals surface area contributed by atoms with Gasteiger partial charge in [-0.1, -0.05) is 35.9 Å². The highest BCUT2D eigenvalue weighted by molar-refractivity contribution is 7.92. The minimum absolute atomic E-state index is 0.302. The Morgan fingerprint density at radius 2 is 1.72 bits per heavy atom. The van der Waals surface area contributed by atoms with E-state index in [1.54, 1.807) is 29.2 Å². The van der Waals surface area contributed by atoms with E-state index in [1.165, 1.54) is 12.1 Å². The molecule has 2 aromatic carbocycles. The third-order valence-electron chi connectivity index (χ3n) is 5.16. The lowest BCUT2D eigenvalue weighted by molar-refractivity contribution is -0.137. The molecule has 0 bridgehead atoms. The summed E-state index contributed by atoms with van der Waals surface area (Å²) in [6, 6.07) is 11.4. The fourth-order valence-electron chi connectivity index (χ4n) is 3.51. The molecule has 174 valence electrons. The smallest absolute Gasteiger partial charge is 0.339 e. The van der Waals surface area contributed by atoms with Crippen LogP contribution in [0.4, 0.5) is 18.9 Å². The number of carbonyl (C=O) groups excluding carboxylic acids is 1. The van der Waals surface area contributed by atoms with Crippen molar-refractivity contribution in [1.82, 2.24) is 9.80 Å². The van der Waals surface area contributed by atoms with E-state index in [0.717, 1.165) is 22.7 Å². The van der Waals surface area contributed by atoms with Crippen molar-refractivity contribution in [2.45, 2.75) is 12.7 Å². The highest BCUT2D eigenvalue weighted by atomic mass is 35.5. The van der Waals surface area contributed by atoms with Gasteiger partial charge in [-0.15, -0.1) is 0 Å². The normalized spacial score (nSPS) is 15.6. The minimum atomic E-state index is -4.39. The van der Waals surface area contributed by atoms with Crippen molar-refractivity contribution in [3.05, 3.63) is 64.7 Å². The quantitative estimate of drug-likeness (QED) is 0.623. The Bertz CT molecular complexity index is 1070. The van der Waals surface area contributed by atoms with Crippen LogP contribution in [0, 0.1) is 0 Å². The summed E-state index contributed by atoms with van der Waals surface area (Å²) < 4.78 is 64.2. The molecule has 0 unspecified atom stereocenters. The van der Waals surface area contributed by atoms with Crippen LogP contribution < -0.4 is 4.31 Å². The third kappa shape index (κ3) is 6.36. The van der Waals surface area contributed by atoms with Crippen molar-refractivity contribution in [3.63, 3.8) is 0 Å². The first-order chi connectivity index (χ1) is 14.9. The Hall–Kier alpha value is -2.30. The molecule has 0 radical (unpaired) electrons. The van der Waals surface area contributed by atoms with Crippen molar-refractivity contribution in [1.29, 1.82) is 0 Å². The SMILES string of the molecule is CS(=O)(=O)N(CC(=O)N1CCN(Cc2cccc(C(F)(F)F)c2)CC1)c1cccc(Cl)c1. The Kier molecular flexibility index (Phi) is 7.36. The summed E-state index contributed by atoms with van der Waals surface area (Å²) in [4.78, 5) is 16.3. The van der Waals surface area contributed by atoms with Gasteiger partial charge in [-0.25, -0.2) is 8.42 Å². The lowest BCUT2D eigenvalue weighted by Crippen LogP contribution is -2.51. The first kappa shape index (κ1) is 24.3. The van der Waals surface area contributed by atoms with Gasteiger partial charge in [0, 0.05) is 37.7 Å². The fraction of sp³-hybridized carbons (Fsp3) is 0.381. The van der Waals surface area contributed by atoms with Gasteiger partial charge in [0.2, 0.25) is 15.9 Å². The number of alkyl halides is 3. The summed E-state index contributed by atoms with van der Waals surface area (Å²) in [7, 11) is -3.71. The van der Waals surface area contributed by atoms with Crippen LogP contribution in [-0.2, 0) is 27.5 Å². The van der Waals surface area contributed by atoms with Gasteiger partial charge in [0.1, 0.15) is 6.54 Å². The molecule has 1 aliphatic heterocycles. The van der Waals surface area contributed by atoms with Gasteiger partial charge in [0.15, 0.2) is 0 Å². The summed E-state index contributed by atoms with van der Waals surface area (Å²) in [5.41, 5.74) is 0.158. The second-order valence-corrected chi connectivity index (χ2v) is 9.95. The Balaban J connectivity index is 1.60. The summed E-state index contributed by atoms with van der Waals surface area (Å²) >= 11 is 5.96. The molecule has 0 aliphatic carbocycles. The van der Waals surface area contributed by atoms with Gasteiger partial charge in [-0.3, -0.25) is 14.0 Å². The van der Waals surface area contributed by atoms with E-state index >= 15 is 0 Å². The van der Waals surface area contributed by atoms with E-state index in [2.05, 4.69) is 0 Å². The number of rotatable bonds is 6. The van der Waals surface area contributed by atoms with Crippen molar-refractivity contribution >= 4 is 33.2 Å². The maximum absolute atomic E-state index is 12.9. The lowest BCUT2D eigenvalue weighted by atomic mass is 10.1. The fourth-order valence-corrected chi connectivity index (χ4v) is 4.54. The highest BCUT2D eigenvalue weighted by Crippen LogP contribution is 2.30. The molecule has 6 nitrogen and oxygen atoms in total. The minimum Gasteiger partial charge on any atom is -0.339 e. The lowest BCUT2D eigenvalue weighted by Gasteiger charge is -2.36. The summed E-state index contributed by atoms with van der Waals surface area (Å²) in [5, 5.41) is 0.354. The van der Waals surface area contributed by atoms with Gasteiger partial charge in [0.25, 0.3) is 0 Å². The molecule has 0 N–H and O–H groups in total. The van der Waals surface area contributed by atoms with Gasteiger partial charge in [-0.2, -0.15) is 13.2 Å². The topological polar surface area (TPSA) is 60.9 Å². The number of carbonyl (C=O) groups is 1. The molecule has 11 heteroatoms. The standard InChI is InChI=1S/C21H23ClF3N3O3S/c1-32(30,31)28(19-7-3-6-18(22)13-19)15-20(29)27-10-8-26(9-11-27)14-16-4-2-5-17(12-16)21(23,24)25/h2-7,12-13H,8-11,14-15H2,1H3. The molecular formula is C21H23ClF3N3O3S. The molecule has 0 atom stereocenters. The van der Waals surface area contributed by atoms with Crippen LogP contribution in [0.25, 0.3) is 0 Å². The van der Waals surface area contributed by atoms with Gasteiger partial charge < -0.3 is 4.90 Å². The predicted octanol–water partition coefficient (Wildman–Crippen LogP) is 3.47. The molecule has 0 aromatic heterocycles. The maximum Gasteiger partial charge on any atom is 0.416 e. The molecule has 2 aromatic rings. The third-order valence-corrected chi connectivity index (χ3v) is 6.54.